The minimum atomic E-state index is 0.660. The summed E-state index contributed by atoms with van der Waals surface area (Å²) in [6.45, 7) is 16.2. The molecule has 110 valence electrons. The maximum absolute atomic E-state index is 4.34. The summed E-state index contributed by atoms with van der Waals surface area (Å²) in [7, 11) is 0. The molecule has 0 saturated heterocycles. The molecule has 0 aliphatic heterocycles. The number of hydrogen-bond acceptors (Lipinski definition) is 0. The molecule has 2 aliphatic rings. The summed E-state index contributed by atoms with van der Waals surface area (Å²) in [5, 5.41) is 0. The average molecular weight is 262 g/mol. The van der Waals surface area contributed by atoms with Gasteiger partial charge >= 0.3 is 0 Å². The molecule has 0 spiro atoms. The second kappa shape index (κ2) is 6.02. The summed E-state index contributed by atoms with van der Waals surface area (Å²) >= 11 is 0. The van der Waals surface area contributed by atoms with Crippen molar-refractivity contribution < 1.29 is 0 Å². The summed E-state index contributed by atoms with van der Waals surface area (Å²) in [5.41, 5.74) is 1.49. The third kappa shape index (κ3) is 3.26. The number of rotatable bonds is 7. The molecule has 0 bridgehead atoms. The standard InChI is InChI=1S/C19H34/c1-7-8-16(9-13(4)12(2)3)19-15(6)11-18(19)17-10-14(17)5/h12,14-19H,4,7-11H2,1-3,5-6H3. The van der Waals surface area contributed by atoms with Gasteiger partial charge in [-0.2, -0.15) is 0 Å². The van der Waals surface area contributed by atoms with E-state index in [1.807, 2.05) is 0 Å². The van der Waals surface area contributed by atoms with Gasteiger partial charge in [-0.15, -0.1) is 0 Å². The Bertz CT molecular complexity index is 314. The van der Waals surface area contributed by atoms with Crippen LogP contribution in [-0.4, -0.2) is 0 Å². The van der Waals surface area contributed by atoms with E-state index in [-0.39, 0.29) is 0 Å². The normalized spacial score (nSPS) is 38.9. The Morgan fingerprint density at radius 1 is 1.11 bits per heavy atom. The SMILES string of the molecule is C=C(CC(CCC)C1C(C)CC1C1CC1C)C(C)C. The third-order valence-electron chi connectivity index (χ3n) is 6.06. The van der Waals surface area contributed by atoms with E-state index in [0.29, 0.717) is 5.92 Å². The van der Waals surface area contributed by atoms with Crippen LogP contribution in [0.2, 0.25) is 0 Å². The summed E-state index contributed by atoms with van der Waals surface area (Å²) < 4.78 is 0. The molecule has 0 heteroatoms. The van der Waals surface area contributed by atoms with Crippen LogP contribution < -0.4 is 0 Å². The van der Waals surface area contributed by atoms with Crippen LogP contribution in [-0.2, 0) is 0 Å². The largest absolute Gasteiger partial charge is 0.0996 e. The molecule has 0 aromatic carbocycles. The van der Waals surface area contributed by atoms with Crippen LogP contribution in [0.25, 0.3) is 0 Å². The lowest BCUT2D eigenvalue weighted by Gasteiger charge is -2.49. The summed E-state index contributed by atoms with van der Waals surface area (Å²) in [5.74, 6) is 6.71. The third-order valence-corrected chi connectivity index (χ3v) is 6.06. The molecule has 2 aliphatic carbocycles. The van der Waals surface area contributed by atoms with Gasteiger partial charge in [-0.05, 0) is 60.7 Å². The minimum absolute atomic E-state index is 0.660. The first-order chi connectivity index (χ1) is 8.95. The highest BCUT2D eigenvalue weighted by atomic mass is 14.6. The van der Waals surface area contributed by atoms with Crippen LogP contribution >= 0.6 is 0 Å². The van der Waals surface area contributed by atoms with E-state index in [1.54, 1.807) is 0 Å². The maximum atomic E-state index is 4.34. The quantitative estimate of drug-likeness (QED) is 0.499. The van der Waals surface area contributed by atoms with Crippen molar-refractivity contribution in [3.63, 3.8) is 0 Å². The molecule has 2 saturated carbocycles. The van der Waals surface area contributed by atoms with E-state index >= 15 is 0 Å². The Morgan fingerprint density at radius 3 is 2.16 bits per heavy atom. The Morgan fingerprint density at radius 2 is 1.74 bits per heavy atom. The molecule has 19 heavy (non-hydrogen) atoms. The van der Waals surface area contributed by atoms with Crippen molar-refractivity contribution in [2.45, 2.75) is 66.7 Å². The van der Waals surface area contributed by atoms with Gasteiger partial charge in [-0.1, -0.05) is 59.6 Å². The molecule has 0 radical (unpaired) electrons. The van der Waals surface area contributed by atoms with Crippen molar-refractivity contribution in [3.05, 3.63) is 12.2 Å². The Hall–Kier alpha value is -0.260. The van der Waals surface area contributed by atoms with Gasteiger partial charge in [0.15, 0.2) is 0 Å². The second-order valence-corrected chi connectivity index (χ2v) is 7.90. The van der Waals surface area contributed by atoms with Gasteiger partial charge in [-0.25, -0.2) is 0 Å². The van der Waals surface area contributed by atoms with Crippen LogP contribution in [0, 0.1) is 41.4 Å². The second-order valence-electron chi connectivity index (χ2n) is 7.90. The van der Waals surface area contributed by atoms with E-state index in [4.69, 9.17) is 0 Å². The zero-order valence-electron chi connectivity index (χ0n) is 13.8. The Labute approximate surface area is 121 Å². The van der Waals surface area contributed by atoms with Crippen molar-refractivity contribution in [3.8, 4) is 0 Å². The van der Waals surface area contributed by atoms with E-state index in [1.165, 1.54) is 37.7 Å². The smallest absolute Gasteiger partial charge is 0.0263 e. The monoisotopic (exact) mass is 262 g/mol. The van der Waals surface area contributed by atoms with Crippen molar-refractivity contribution in [2.75, 3.05) is 0 Å². The van der Waals surface area contributed by atoms with Gasteiger partial charge in [0.2, 0.25) is 0 Å². The molecule has 0 amide bonds. The predicted molar refractivity (Wildman–Crippen MR) is 85.0 cm³/mol. The van der Waals surface area contributed by atoms with Gasteiger partial charge in [0.05, 0.1) is 0 Å². The Balaban J connectivity index is 1.98. The predicted octanol–water partition coefficient (Wildman–Crippen LogP) is 5.93. The summed E-state index contributed by atoms with van der Waals surface area (Å²) in [6, 6.07) is 0. The maximum Gasteiger partial charge on any atom is -0.0263 e. The fourth-order valence-corrected chi connectivity index (χ4v) is 4.57. The first-order valence-electron chi connectivity index (χ1n) is 8.63. The Kier molecular flexibility index (Phi) is 4.79. The molecule has 6 unspecified atom stereocenters. The van der Waals surface area contributed by atoms with Crippen molar-refractivity contribution >= 4 is 0 Å². The minimum Gasteiger partial charge on any atom is -0.0996 e. The molecule has 2 rings (SSSR count). The molecular formula is C19H34. The number of allylic oxidation sites excluding steroid dienone is 1. The molecule has 0 N–H and O–H groups in total. The lowest BCUT2D eigenvalue weighted by Crippen LogP contribution is -2.42. The van der Waals surface area contributed by atoms with Crippen LogP contribution in [0.4, 0.5) is 0 Å². The van der Waals surface area contributed by atoms with Crippen LogP contribution in [0.5, 0.6) is 0 Å². The van der Waals surface area contributed by atoms with E-state index in [2.05, 4.69) is 41.2 Å². The van der Waals surface area contributed by atoms with Crippen molar-refractivity contribution in [2.24, 2.45) is 41.4 Å². The zero-order chi connectivity index (χ0) is 14.2. The summed E-state index contributed by atoms with van der Waals surface area (Å²) in [6.07, 6.45) is 7.06. The number of hydrogen-bond donors (Lipinski definition) is 0. The highest BCUT2D eigenvalue weighted by molar-refractivity contribution is 5.05. The molecule has 0 aromatic rings. The molecule has 0 aromatic heterocycles. The molecular weight excluding hydrogens is 228 g/mol. The molecule has 2 fully saturated rings. The lowest BCUT2D eigenvalue weighted by molar-refractivity contribution is 0.00703. The lowest BCUT2D eigenvalue weighted by atomic mass is 9.56. The fraction of sp³-hybridized carbons (Fsp3) is 0.895. The van der Waals surface area contributed by atoms with E-state index < -0.39 is 0 Å². The summed E-state index contributed by atoms with van der Waals surface area (Å²) in [4.78, 5) is 0. The first-order valence-corrected chi connectivity index (χ1v) is 8.63. The molecule has 0 heterocycles. The fourth-order valence-electron chi connectivity index (χ4n) is 4.57. The topological polar surface area (TPSA) is 0 Å². The van der Waals surface area contributed by atoms with Crippen molar-refractivity contribution in [1.29, 1.82) is 0 Å². The van der Waals surface area contributed by atoms with Gasteiger partial charge < -0.3 is 0 Å². The van der Waals surface area contributed by atoms with Gasteiger partial charge in [0.25, 0.3) is 0 Å². The highest BCUT2D eigenvalue weighted by Gasteiger charge is 2.52. The van der Waals surface area contributed by atoms with Gasteiger partial charge in [0, 0.05) is 0 Å². The van der Waals surface area contributed by atoms with E-state index in [9.17, 15) is 0 Å². The molecule has 0 nitrogen and oxygen atoms in total. The van der Waals surface area contributed by atoms with Crippen LogP contribution in [0.1, 0.15) is 66.7 Å². The van der Waals surface area contributed by atoms with E-state index in [0.717, 1.165) is 35.5 Å². The highest BCUT2D eigenvalue weighted by Crippen LogP contribution is 2.59. The van der Waals surface area contributed by atoms with Crippen molar-refractivity contribution in [1.82, 2.24) is 0 Å². The molecule has 6 atom stereocenters. The zero-order valence-corrected chi connectivity index (χ0v) is 13.8. The first kappa shape index (κ1) is 15.1. The van der Waals surface area contributed by atoms with Gasteiger partial charge in [0.1, 0.15) is 0 Å². The van der Waals surface area contributed by atoms with Crippen LogP contribution in [0.3, 0.4) is 0 Å². The van der Waals surface area contributed by atoms with Crippen LogP contribution in [0.15, 0.2) is 12.2 Å². The van der Waals surface area contributed by atoms with Gasteiger partial charge in [-0.3, -0.25) is 0 Å². The average Bonchev–Trinajstić information content (AvgIpc) is 3.02.